The van der Waals surface area contributed by atoms with Gasteiger partial charge in [-0.25, -0.2) is 8.42 Å². The summed E-state index contributed by atoms with van der Waals surface area (Å²) < 4.78 is 34.1. The average Bonchev–Trinajstić information content (AvgIpc) is 3.26. The highest BCUT2D eigenvalue weighted by Crippen LogP contribution is 2.32. The number of aliphatic hydroxyl groups excluding tert-OH is 1. The molecule has 0 aliphatic rings. The van der Waals surface area contributed by atoms with Gasteiger partial charge in [-0.05, 0) is 43.4 Å². The highest BCUT2D eigenvalue weighted by molar-refractivity contribution is 7.92. The molecule has 2 amide bonds. The number of hydrogen-bond acceptors (Lipinski definition) is 7. The Labute approximate surface area is 252 Å². The van der Waals surface area contributed by atoms with Crippen LogP contribution in [0.2, 0.25) is 5.02 Å². The van der Waals surface area contributed by atoms with Crippen LogP contribution in [0.4, 0.5) is 5.82 Å². The second-order valence-corrected chi connectivity index (χ2v) is 12.7. The number of halogens is 1. The summed E-state index contributed by atoms with van der Waals surface area (Å²) in [6.07, 6.45) is 1.08. The van der Waals surface area contributed by atoms with Crippen LogP contribution in [0.1, 0.15) is 58.8 Å². The van der Waals surface area contributed by atoms with E-state index in [4.69, 9.17) is 21.2 Å². The highest BCUT2D eigenvalue weighted by atomic mass is 35.5. The molecule has 228 valence electrons. The molecular weight excluding hydrogens is 580 g/mol. The number of anilines is 1. The number of aromatic nitrogens is 1. The number of amides is 2. The summed E-state index contributed by atoms with van der Waals surface area (Å²) in [5.74, 6) is -0.387. The minimum absolute atomic E-state index is 0.00510. The maximum absolute atomic E-state index is 13.4. The molecule has 1 atom stereocenters. The number of carbonyl (C=O) groups is 2. The first-order valence-electron chi connectivity index (χ1n) is 13.9. The van der Waals surface area contributed by atoms with E-state index >= 15 is 0 Å². The van der Waals surface area contributed by atoms with E-state index in [1.54, 1.807) is 35.2 Å². The molecule has 3 aromatic rings. The first-order valence-corrected chi connectivity index (χ1v) is 15.8. The predicted molar refractivity (Wildman–Crippen MR) is 162 cm³/mol. The van der Waals surface area contributed by atoms with Crippen LogP contribution in [0.5, 0.6) is 0 Å². The second kappa shape index (κ2) is 14.7. The SMILES string of the molecule is CCCC(=O)N(Cc1ccc(-c2ccccc2S(=O)(=O)Nc2noc(CCO)c2Cl)cc1)[C@H](C(=O)NC(C)C)C(C)C. The third-order valence-corrected chi connectivity index (χ3v) is 8.30. The summed E-state index contributed by atoms with van der Waals surface area (Å²) in [5.41, 5.74) is 1.88. The number of nitrogens with one attached hydrogen (secondary N) is 2. The van der Waals surface area contributed by atoms with Gasteiger partial charge in [-0.3, -0.25) is 14.3 Å². The molecule has 3 N–H and O–H groups in total. The summed E-state index contributed by atoms with van der Waals surface area (Å²) in [7, 11) is -4.12. The van der Waals surface area contributed by atoms with Gasteiger partial charge in [0.05, 0.1) is 11.5 Å². The lowest BCUT2D eigenvalue weighted by molar-refractivity contribution is -0.143. The van der Waals surface area contributed by atoms with Crippen molar-refractivity contribution >= 4 is 39.3 Å². The van der Waals surface area contributed by atoms with E-state index in [-0.39, 0.29) is 64.8 Å². The van der Waals surface area contributed by atoms with Crippen molar-refractivity contribution < 1.29 is 27.6 Å². The monoisotopic (exact) mass is 618 g/mol. The maximum atomic E-state index is 13.4. The Balaban J connectivity index is 1.91. The molecule has 1 aromatic heterocycles. The number of carbonyl (C=O) groups excluding carboxylic acids is 2. The molecule has 0 radical (unpaired) electrons. The molecule has 0 saturated carbocycles. The van der Waals surface area contributed by atoms with Crippen LogP contribution in [0.25, 0.3) is 11.1 Å². The van der Waals surface area contributed by atoms with Crippen molar-refractivity contribution in [3.8, 4) is 11.1 Å². The maximum Gasteiger partial charge on any atom is 0.263 e. The normalized spacial score (nSPS) is 12.4. The van der Waals surface area contributed by atoms with Crippen molar-refractivity contribution in [2.24, 2.45) is 5.92 Å². The first-order chi connectivity index (χ1) is 19.9. The van der Waals surface area contributed by atoms with Gasteiger partial charge in [-0.15, -0.1) is 0 Å². The fraction of sp³-hybridized carbons (Fsp3) is 0.433. The highest BCUT2D eigenvalue weighted by Gasteiger charge is 2.32. The van der Waals surface area contributed by atoms with Gasteiger partial charge < -0.3 is 19.8 Å². The van der Waals surface area contributed by atoms with E-state index in [0.29, 0.717) is 24.0 Å². The van der Waals surface area contributed by atoms with Crippen molar-refractivity contribution in [1.82, 2.24) is 15.4 Å². The smallest absolute Gasteiger partial charge is 0.263 e. The van der Waals surface area contributed by atoms with E-state index in [1.165, 1.54) is 6.07 Å². The van der Waals surface area contributed by atoms with Gasteiger partial charge in [-0.1, -0.05) is 80.0 Å². The largest absolute Gasteiger partial charge is 0.396 e. The molecule has 10 nitrogen and oxygen atoms in total. The Kier molecular flexibility index (Phi) is 11.6. The number of aliphatic hydroxyl groups is 1. The van der Waals surface area contributed by atoms with Crippen LogP contribution >= 0.6 is 11.6 Å². The van der Waals surface area contributed by atoms with Crippen LogP contribution in [-0.4, -0.2) is 54.1 Å². The van der Waals surface area contributed by atoms with Gasteiger partial charge in [0, 0.05) is 31.0 Å². The van der Waals surface area contributed by atoms with Gasteiger partial charge in [0.25, 0.3) is 10.0 Å². The topological polar surface area (TPSA) is 142 Å². The zero-order valence-corrected chi connectivity index (χ0v) is 26.1. The predicted octanol–water partition coefficient (Wildman–Crippen LogP) is 5.01. The molecule has 12 heteroatoms. The Morgan fingerprint density at radius 1 is 1.07 bits per heavy atom. The number of nitrogens with zero attached hydrogens (tertiary/aromatic N) is 2. The second-order valence-electron chi connectivity index (χ2n) is 10.7. The third-order valence-electron chi connectivity index (χ3n) is 6.52. The van der Waals surface area contributed by atoms with E-state index in [1.807, 2.05) is 46.8 Å². The van der Waals surface area contributed by atoms with Gasteiger partial charge in [0.2, 0.25) is 17.6 Å². The summed E-state index contributed by atoms with van der Waals surface area (Å²) >= 11 is 6.19. The molecule has 2 aromatic carbocycles. The average molecular weight is 619 g/mol. The summed E-state index contributed by atoms with van der Waals surface area (Å²) in [5, 5.41) is 15.8. The molecule has 0 aliphatic heterocycles. The molecule has 0 bridgehead atoms. The zero-order valence-electron chi connectivity index (χ0n) is 24.6. The molecule has 0 fully saturated rings. The Hall–Kier alpha value is -3.41. The standard InChI is InChI=1S/C30H39ClN4O6S/c1-6-9-26(37)35(28(19(2)3)30(38)32-20(4)5)18-21-12-14-22(15-13-21)23-10-7-8-11-25(23)42(39,40)34-29-27(31)24(16-17-36)41-33-29/h7-8,10-15,19-20,28,36H,6,9,16-18H2,1-5H3,(H,32,38)(H,33,34)/t28-/m0/s1. The van der Waals surface area contributed by atoms with Gasteiger partial charge in [0.1, 0.15) is 11.1 Å². The minimum atomic E-state index is -4.12. The lowest BCUT2D eigenvalue weighted by atomic mass is 9.98. The Morgan fingerprint density at radius 3 is 2.33 bits per heavy atom. The third kappa shape index (κ3) is 8.11. The molecular formula is C30H39ClN4O6S. The van der Waals surface area contributed by atoms with Crippen LogP contribution in [0, 0.1) is 5.92 Å². The Bertz CT molecular complexity index is 1470. The minimum Gasteiger partial charge on any atom is -0.396 e. The number of hydrogen-bond donors (Lipinski definition) is 3. The number of benzene rings is 2. The molecule has 0 unspecified atom stereocenters. The number of sulfonamides is 1. The van der Waals surface area contributed by atoms with Crippen molar-refractivity contribution in [3.63, 3.8) is 0 Å². The fourth-order valence-corrected chi connectivity index (χ4v) is 6.12. The van der Waals surface area contributed by atoms with Gasteiger partial charge in [-0.2, -0.15) is 0 Å². The first kappa shape index (κ1) is 33.1. The summed E-state index contributed by atoms with van der Waals surface area (Å²) in [6, 6.07) is 13.0. The van der Waals surface area contributed by atoms with Crippen molar-refractivity contribution in [3.05, 3.63) is 64.9 Å². The van der Waals surface area contributed by atoms with Crippen molar-refractivity contribution in [2.45, 2.75) is 77.4 Å². The molecule has 0 saturated heterocycles. The van der Waals surface area contributed by atoms with Crippen LogP contribution < -0.4 is 10.0 Å². The quantitative estimate of drug-likeness (QED) is 0.231. The van der Waals surface area contributed by atoms with E-state index < -0.39 is 16.1 Å². The molecule has 0 spiro atoms. The number of rotatable bonds is 14. The lowest BCUT2D eigenvalue weighted by Crippen LogP contribution is -2.53. The van der Waals surface area contributed by atoms with Crippen molar-refractivity contribution in [2.75, 3.05) is 11.3 Å². The van der Waals surface area contributed by atoms with Gasteiger partial charge in [0.15, 0.2) is 5.76 Å². The van der Waals surface area contributed by atoms with Crippen LogP contribution in [-0.2, 0) is 32.6 Å². The summed E-state index contributed by atoms with van der Waals surface area (Å²) in [6.45, 7) is 9.54. The van der Waals surface area contributed by atoms with Crippen LogP contribution in [0.15, 0.2) is 57.9 Å². The van der Waals surface area contributed by atoms with E-state index in [9.17, 15) is 18.0 Å². The summed E-state index contributed by atoms with van der Waals surface area (Å²) in [4.78, 5) is 27.9. The van der Waals surface area contributed by atoms with E-state index in [2.05, 4.69) is 15.2 Å². The molecule has 3 rings (SSSR count). The van der Waals surface area contributed by atoms with Crippen molar-refractivity contribution in [1.29, 1.82) is 0 Å². The zero-order chi connectivity index (χ0) is 31.0. The fourth-order valence-electron chi connectivity index (χ4n) is 4.61. The van der Waals surface area contributed by atoms with E-state index in [0.717, 1.165) is 5.56 Å². The van der Waals surface area contributed by atoms with Crippen LogP contribution in [0.3, 0.4) is 0 Å². The molecule has 1 heterocycles. The Morgan fingerprint density at radius 2 is 1.74 bits per heavy atom. The lowest BCUT2D eigenvalue weighted by Gasteiger charge is -2.34. The molecule has 0 aliphatic carbocycles. The van der Waals surface area contributed by atoms with Gasteiger partial charge >= 0.3 is 0 Å². The molecule has 42 heavy (non-hydrogen) atoms.